The number of aliphatic hydroxyl groups is 1. The van der Waals surface area contributed by atoms with Crippen molar-refractivity contribution in [1.29, 1.82) is 0 Å². The highest BCUT2D eigenvalue weighted by Gasteiger charge is 2.34. The lowest BCUT2D eigenvalue weighted by atomic mass is 9.99. The number of aliphatic hydroxyl groups excluding tert-OH is 1. The summed E-state index contributed by atoms with van der Waals surface area (Å²) in [6.07, 6.45) is 2.17. The maximum Gasteiger partial charge on any atom is 0.317 e. The number of benzene rings is 1. The van der Waals surface area contributed by atoms with Gasteiger partial charge in [0.15, 0.2) is 0 Å². The Morgan fingerprint density at radius 2 is 2.06 bits per heavy atom. The Balaban J connectivity index is 1.96. The van der Waals surface area contributed by atoms with Crippen molar-refractivity contribution in [2.24, 2.45) is 5.92 Å². The lowest BCUT2D eigenvalue weighted by molar-refractivity contribution is 0.0352. The lowest BCUT2D eigenvalue weighted by Crippen LogP contribution is -2.51. The summed E-state index contributed by atoms with van der Waals surface area (Å²) in [5.74, 6) is -0.0713. The Hall–Kier alpha value is -3.13. The van der Waals surface area contributed by atoms with Crippen molar-refractivity contribution in [2.75, 3.05) is 33.3 Å². The van der Waals surface area contributed by atoms with Crippen LogP contribution in [0.2, 0.25) is 0 Å². The van der Waals surface area contributed by atoms with Crippen LogP contribution in [0.3, 0.4) is 0 Å². The van der Waals surface area contributed by atoms with E-state index in [4.69, 9.17) is 4.74 Å². The number of hydrogen-bond donors (Lipinski definition) is 2. The maximum atomic E-state index is 13.5. The fourth-order valence-corrected chi connectivity index (χ4v) is 3.83. The van der Waals surface area contributed by atoms with Crippen molar-refractivity contribution in [3.63, 3.8) is 0 Å². The van der Waals surface area contributed by atoms with E-state index in [2.05, 4.69) is 10.3 Å². The normalized spacial score (nSPS) is 19.1. The van der Waals surface area contributed by atoms with Crippen LogP contribution in [0.25, 0.3) is 11.1 Å². The van der Waals surface area contributed by atoms with Gasteiger partial charge >= 0.3 is 6.03 Å². The average Bonchev–Trinajstić information content (AvgIpc) is 2.84. The summed E-state index contributed by atoms with van der Waals surface area (Å²) in [6.45, 7) is 6.99. The highest BCUT2D eigenvalue weighted by Crippen LogP contribution is 2.30. The average molecular weight is 455 g/mol. The first-order chi connectivity index (χ1) is 15.8. The summed E-state index contributed by atoms with van der Waals surface area (Å²) in [4.78, 5) is 33.7. The van der Waals surface area contributed by atoms with Gasteiger partial charge in [-0.05, 0) is 25.0 Å². The molecule has 0 aliphatic carbocycles. The molecule has 1 aromatic heterocycles. The highest BCUT2D eigenvalue weighted by molar-refractivity contribution is 5.98. The van der Waals surface area contributed by atoms with Crippen LogP contribution in [0, 0.1) is 5.92 Å². The molecule has 3 atom stereocenters. The number of hydrogen-bond acceptors (Lipinski definition) is 5. The predicted molar refractivity (Wildman–Crippen MR) is 127 cm³/mol. The van der Waals surface area contributed by atoms with Gasteiger partial charge in [-0.3, -0.25) is 4.79 Å². The smallest absolute Gasteiger partial charge is 0.317 e. The number of rotatable bonds is 7. The van der Waals surface area contributed by atoms with Gasteiger partial charge in [0.25, 0.3) is 5.91 Å². The molecule has 8 nitrogen and oxygen atoms in total. The van der Waals surface area contributed by atoms with Gasteiger partial charge in [0.1, 0.15) is 11.7 Å². The molecule has 0 saturated heterocycles. The van der Waals surface area contributed by atoms with Crippen LogP contribution in [0.1, 0.15) is 37.6 Å². The zero-order valence-corrected chi connectivity index (χ0v) is 19.8. The molecule has 1 aliphatic rings. The molecule has 0 spiro atoms. The van der Waals surface area contributed by atoms with Crippen LogP contribution in [0.4, 0.5) is 4.79 Å². The van der Waals surface area contributed by atoms with Crippen molar-refractivity contribution in [3.8, 4) is 17.0 Å². The summed E-state index contributed by atoms with van der Waals surface area (Å²) in [5.41, 5.74) is 2.11. The van der Waals surface area contributed by atoms with Crippen molar-refractivity contribution >= 4 is 11.9 Å². The first kappa shape index (κ1) is 24.5. The summed E-state index contributed by atoms with van der Waals surface area (Å²) in [6, 6.07) is 11.0. The van der Waals surface area contributed by atoms with Crippen LogP contribution < -0.4 is 10.1 Å². The third kappa shape index (κ3) is 5.82. The quantitative estimate of drug-likeness (QED) is 0.671. The third-order valence-corrected chi connectivity index (χ3v) is 5.95. The molecule has 33 heavy (non-hydrogen) atoms. The molecule has 0 radical (unpaired) electrons. The molecule has 0 saturated carbocycles. The molecular weight excluding hydrogens is 420 g/mol. The summed E-state index contributed by atoms with van der Waals surface area (Å²) in [7, 11) is 1.73. The summed E-state index contributed by atoms with van der Waals surface area (Å²) in [5, 5.41) is 12.7. The standard InChI is InChI=1S/C25H34N4O4/c1-5-11-26-25(32)28(4)15-22-17(2)14-29(18(3)16-30)24(31)21-12-20(13-27-23(21)33-22)19-9-7-6-8-10-19/h6-10,12-13,17-18,22,30H,5,11,14-16H2,1-4H3,(H,26,32)/t17-,18+,22-/m0/s1. The Kier molecular flexibility index (Phi) is 8.27. The largest absolute Gasteiger partial charge is 0.472 e. The van der Waals surface area contributed by atoms with E-state index in [0.29, 0.717) is 25.2 Å². The molecule has 1 aliphatic heterocycles. The molecule has 3 amide bonds. The first-order valence-electron chi connectivity index (χ1n) is 11.5. The van der Waals surface area contributed by atoms with Gasteiger partial charge in [-0.25, -0.2) is 9.78 Å². The van der Waals surface area contributed by atoms with Crippen molar-refractivity contribution in [2.45, 2.75) is 39.3 Å². The van der Waals surface area contributed by atoms with Crippen molar-refractivity contribution in [1.82, 2.24) is 20.1 Å². The van der Waals surface area contributed by atoms with E-state index in [1.807, 2.05) is 51.1 Å². The second-order valence-electron chi connectivity index (χ2n) is 8.68. The number of urea groups is 1. The molecule has 2 aromatic rings. The number of fused-ring (bicyclic) bond motifs is 1. The number of aromatic nitrogens is 1. The SMILES string of the molecule is CCCNC(=O)N(C)C[C@@H]1Oc2ncc(-c3ccccc3)cc2C(=O)N([C@H](C)CO)C[C@@H]1C. The fourth-order valence-electron chi connectivity index (χ4n) is 3.83. The number of pyridine rings is 1. The van der Waals surface area contributed by atoms with Gasteiger partial charge in [-0.2, -0.15) is 0 Å². The molecule has 0 unspecified atom stereocenters. The van der Waals surface area contributed by atoms with Crippen LogP contribution in [-0.4, -0.2) is 77.3 Å². The second-order valence-corrected chi connectivity index (χ2v) is 8.68. The van der Waals surface area contributed by atoms with E-state index < -0.39 is 0 Å². The number of likely N-dealkylation sites (N-methyl/N-ethyl adjacent to an activating group) is 1. The molecule has 8 heteroatoms. The van der Waals surface area contributed by atoms with Gasteiger partial charge in [0.2, 0.25) is 5.88 Å². The number of carbonyl (C=O) groups is 2. The number of carbonyl (C=O) groups excluding carboxylic acids is 2. The monoisotopic (exact) mass is 454 g/mol. The van der Waals surface area contributed by atoms with Gasteiger partial charge in [0.05, 0.1) is 19.2 Å². The molecule has 2 N–H and O–H groups in total. The first-order valence-corrected chi connectivity index (χ1v) is 11.5. The molecule has 0 bridgehead atoms. The molecular formula is C25H34N4O4. The number of amides is 3. The minimum absolute atomic E-state index is 0.0897. The number of nitrogens with one attached hydrogen (secondary N) is 1. The van der Waals surface area contributed by atoms with Crippen molar-refractivity contribution < 1.29 is 19.4 Å². The molecule has 3 rings (SSSR count). The van der Waals surface area contributed by atoms with E-state index in [1.54, 1.807) is 29.1 Å². The van der Waals surface area contributed by atoms with Gasteiger partial charge in [0, 0.05) is 37.8 Å². The van der Waals surface area contributed by atoms with Gasteiger partial charge in [-0.1, -0.05) is 44.2 Å². The van der Waals surface area contributed by atoms with E-state index in [1.165, 1.54) is 0 Å². The molecule has 2 heterocycles. The van der Waals surface area contributed by atoms with Crippen LogP contribution in [0.15, 0.2) is 42.6 Å². The van der Waals surface area contributed by atoms with Crippen LogP contribution in [0.5, 0.6) is 5.88 Å². The van der Waals surface area contributed by atoms with Crippen LogP contribution in [-0.2, 0) is 0 Å². The second kappa shape index (κ2) is 11.1. The van der Waals surface area contributed by atoms with Gasteiger partial charge < -0.3 is 25.0 Å². The Morgan fingerprint density at radius 1 is 1.33 bits per heavy atom. The Labute approximate surface area is 195 Å². The fraction of sp³-hybridized carbons (Fsp3) is 0.480. The molecule has 178 valence electrons. The van der Waals surface area contributed by atoms with Crippen molar-refractivity contribution in [3.05, 3.63) is 48.2 Å². The summed E-state index contributed by atoms with van der Waals surface area (Å²) < 4.78 is 6.25. The molecule has 1 aromatic carbocycles. The zero-order chi connectivity index (χ0) is 24.0. The van der Waals surface area contributed by atoms with E-state index in [0.717, 1.165) is 17.5 Å². The Morgan fingerprint density at radius 3 is 2.73 bits per heavy atom. The predicted octanol–water partition coefficient (Wildman–Crippen LogP) is 3.02. The third-order valence-electron chi connectivity index (χ3n) is 5.95. The zero-order valence-electron chi connectivity index (χ0n) is 19.8. The van der Waals surface area contributed by atoms with Crippen LogP contribution >= 0.6 is 0 Å². The molecule has 0 fully saturated rings. The van der Waals surface area contributed by atoms with E-state index in [9.17, 15) is 14.7 Å². The number of ether oxygens (including phenoxy) is 1. The topological polar surface area (TPSA) is 95.0 Å². The van der Waals surface area contributed by atoms with E-state index >= 15 is 0 Å². The maximum absolute atomic E-state index is 13.5. The Bertz CT molecular complexity index is 953. The minimum Gasteiger partial charge on any atom is -0.472 e. The van der Waals surface area contributed by atoms with E-state index in [-0.39, 0.29) is 42.5 Å². The van der Waals surface area contributed by atoms with Gasteiger partial charge in [-0.15, -0.1) is 0 Å². The lowest BCUT2D eigenvalue weighted by Gasteiger charge is -2.37. The minimum atomic E-state index is -0.377. The highest BCUT2D eigenvalue weighted by atomic mass is 16.5. The summed E-state index contributed by atoms with van der Waals surface area (Å²) >= 11 is 0. The number of nitrogens with zero attached hydrogens (tertiary/aromatic N) is 3.